The molecule has 2 unspecified atom stereocenters. The minimum atomic E-state index is -0.333. The van der Waals surface area contributed by atoms with Crippen molar-refractivity contribution in [3.63, 3.8) is 0 Å². The van der Waals surface area contributed by atoms with Crippen molar-refractivity contribution < 1.29 is 13.9 Å². The van der Waals surface area contributed by atoms with E-state index in [1.807, 2.05) is 0 Å². The minimum Gasteiger partial charge on any atom is -0.465 e. The molecule has 1 N–H and O–H groups in total. The minimum absolute atomic E-state index is 0.333. The Morgan fingerprint density at radius 2 is 2.14 bits per heavy atom. The van der Waals surface area contributed by atoms with Crippen molar-refractivity contribution in [3.8, 4) is 0 Å². The van der Waals surface area contributed by atoms with Crippen LogP contribution < -0.4 is 5.32 Å². The summed E-state index contributed by atoms with van der Waals surface area (Å²) in [4.78, 5) is 11.6. The molecule has 1 fully saturated rings. The lowest BCUT2D eigenvalue weighted by Gasteiger charge is -2.34. The van der Waals surface area contributed by atoms with Crippen LogP contribution in [0.4, 0.5) is 0 Å². The third-order valence-corrected chi connectivity index (χ3v) is 4.59. The van der Waals surface area contributed by atoms with Crippen molar-refractivity contribution in [2.45, 2.75) is 59.0 Å². The number of aryl methyl sites for hydroxylation is 1. The van der Waals surface area contributed by atoms with Gasteiger partial charge in [-0.05, 0) is 37.7 Å². The van der Waals surface area contributed by atoms with Crippen molar-refractivity contribution in [1.82, 2.24) is 5.32 Å². The van der Waals surface area contributed by atoms with Crippen LogP contribution in [0.1, 0.15) is 61.4 Å². The number of hydrogen-bond acceptors (Lipinski definition) is 4. The zero-order valence-electron chi connectivity index (χ0n) is 13.6. The van der Waals surface area contributed by atoms with E-state index in [0.717, 1.165) is 11.7 Å². The number of furan rings is 1. The number of rotatable bonds is 5. The van der Waals surface area contributed by atoms with Crippen molar-refractivity contribution in [1.29, 1.82) is 0 Å². The third kappa shape index (κ3) is 3.88. The first-order chi connectivity index (χ1) is 10.0. The fourth-order valence-corrected chi connectivity index (χ4v) is 3.39. The molecule has 1 aromatic heterocycles. The van der Waals surface area contributed by atoms with E-state index in [1.165, 1.54) is 32.8 Å². The zero-order chi connectivity index (χ0) is 15.4. The van der Waals surface area contributed by atoms with Gasteiger partial charge in [0.15, 0.2) is 0 Å². The molecule has 1 saturated carbocycles. The standard InChI is InChI=1S/C17H27NO3/c1-11(2)14-7-5-6-8-16(14)18-10-13-9-15(12(3)21-13)17(19)20-4/h9,11,14,16,18H,5-8,10H2,1-4H3. The summed E-state index contributed by atoms with van der Waals surface area (Å²) < 4.78 is 10.4. The van der Waals surface area contributed by atoms with E-state index in [4.69, 9.17) is 9.15 Å². The Morgan fingerprint density at radius 3 is 2.81 bits per heavy atom. The van der Waals surface area contributed by atoms with Crippen LogP contribution in [0.5, 0.6) is 0 Å². The van der Waals surface area contributed by atoms with E-state index in [1.54, 1.807) is 13.0 Å². The van der Waals surface area contributed by atoms with Crippen LogP contribution in [-0.2, 0) is 11.3 Å². The SMILES string of the molecule is COC(=O)c1cc(CNC2CCCCC2C(C)C)oc1C. The molecule has 4 heteroatoms. The highest BCUT2D eigenvalue weighted by Crippen LogP contribution is 2.30. The third-order valence-electron chi connectivity index (χ3n) is 4.59. The first kappa shape index (κ1) is 16.1. The predicted molar refractivity (Wildman–Crippen MR) is 82.2 cm³/mol. The molecular weight excluding hydrogens is 266 g/mol. The highest BCUT2D eigenvalue weighted by molar-refractivity contribution is 5.90. The molecule has 2 rings (SSSR count). The summed E-state index contributed by atoms with van der Waals surface area (Å²) in [5.41, 5.74) is 0.526. The number of esters is 1. The quantitative estimate of drug-likeness (QED) is 0.841. The van der Waals surface area contributed by atoms with E-state index < -0.39 is 0 Å². The number of hydrogen-bond donors (Lipinski definition) is 1. The highest BCUT2D eigenvalue weighted by Gasteiger charge is 2.27. The number of nitrogens with one attached hydrogen (secondary N) is 1. The normalized spacial score (nSPS) is 22.5. The Kier molecular flexibility index (Phi) is 5.45. The molecule has 0 amide bonds. The molecule has 118 valence electrons. The second kappa shape index (κ2) is 7.12. The van der Waals surface area contributed by atoms with Gasteiger partial charge in [0.25, 0.3) is 0 Å². The van der Waals surface area contributed by atoms with Gasteiger partial charge in [0.1, 0.15) is 17.1 Å². The van der Waals surface area contributed by atoms with Crippen LogP contribution >= 0.6 is 0 Å². The van der Waals surface area contributed by atoms with Crippen LogP contribution in [0.3, 0.4) is 0 Å². The summed E-state index contributed by atoms with van der Waals surface area (Å²) in [6.45, 7) is 7.08. The average molecular weight is 293 g/mol. The molecule has 0 spiro atoms. The predicted octanol–water partition coefficient (Wildman–Crippen LogP) is 3.68. The van der Waals surface area contributed by atoms with Gasteiger partial charge in [0.05, 0.1) is 13.7 Å². The van der Waals surface area contributed by atoms with Gasteiger partial charge in [-0.25, -0.2) is 4.79 Å². The molecule has 0 saturated heterocycles. The van der Waals surface area contributed by atoms with Gasteiger partial charge in [-0.15, -0.1) is 0 Å². The first-order valence-electron chi connectivity index (χ1n) is 7.94. The van der Waals surface area contributed by atoms with Crippen LogP contribution in [0.25, 0.3) is 0 Å². The summed E-state index contributed by atoms with van der Waals surface area (Å²) in [5, 5.41) is 3.62. The van der Waals surface area contributed by atoms with Gasteiger partial charge in [0.2, 0.25) is 0 Å². The maximum absolute atomic E-state index is 11.6. The molecule has 0 bridgehead atoms. The van der Waals surface area contributed by atoms with Gasteiger partial charge in [-0.1, -0.05) is 26.7 Å². The molecule has 1 aliphatic rings. The zero-order valence-corrected chi connectivity index (χ0v) is 13.6. The molecule has 2 atom stereocenters. The van der Waals surface area contributed by atoms with Crippen molar-refractivity contribution in [2.75, 3.05) is 7.11 Å². The van der Waals surface area contributed by atoms with Crippen molar-refractivity contribution >= 4 is 5.97 Å². The van der Waals surface area contributed by atoms with Gasteiger partial charge in [-0.3, -0.25) is 0 Å². The Morgan fingerprint density at radius 1 is 1.43 bits per heavy atom. The van der Waals surface area contributed by atoms with E-state index in [2.05, 4.69) is 19.2 Å². The Bertz CT molecular complexity index is 478. The topological polar surface area (TPSA) is 51.5 Å². The van der Waals surface area contributed by atoms with Crippen LogP contribution in [0.2, 0.25) is 0 Å². The number of carbonyl (C=O) groups is 1. The second-order valence-electron chi connectivity index (χ2n) is 6.35. The highest BCUT2D eigenvalue weighted by atomic mass is 16.5. The Labute approximate surface area is 127 Å². The average Bonchev–Trinajstić information content (AvgIpc) is 2.85. The molecule has 0 radical (unpaired) electrons. The molecule has 1 aliphatic carbocycles. The van der Waals surface area contributed by atoms with Crippen molar-refractivity contribution in [3.05, 3.63) is 23.2 Å². The van der Waals surface area contributed by atoms with E-state index in [9.17, 15) is 4.79 Å². The van der Waals surface area contributed by atoms with Crippen LogP contribution in [0, 0.1) is 18.8 Å². The first-order valence-corrected chi connectivity index (χ1v) is 7.94. The van der Waals surface area contributed by atoms with E-state index in [0.29, 0.717) is 29.8 Å². The van der Waals surface area contributed by atoms with Gasteiger partial charge < -0.3 is 14.5 Å². The summed E-state index contributed by atoms with van der Waals surface area (Å²) in [6, 6.07) is 2.34. The maximum atomic E-state index is 11.6. The summed E-state index contributed by atoms with van der Waals surface area (Å²) >= 11 is 0. The number of ether oxygens (including phenoxy) is 1. The smallest absolute Gasteiger partial charge is 0.341 e. The molecule has 1 aromatic rings. The van der Waals surface area contributed by atoms with Crippen LogP contribution in [-0.4, -0.2) is 19.1 Å². The van der Waals surface area contributed by atoms with Gasteiger partial charge >= 0.3 is 5.97 Å². The second-order valence-corrected chi connectivity index (χ2v) is 6.35. The molecule has 1 heterocycles. The number of methoxy groups -OCH3 is 1. The lowest BCUT2D eigenvalue weighted by atomic mass is 9.78. The summed E-state index contributed by atoms with van der Waals surface area (Å²) in [7, 11) is 1.39. The largest absolute Gasteiger partial charge is 0.465 e. The molecular formula is C17H27NO3. The van der Waals surface area contributed by atoms with Gasteiger partial charge in [-0.2, -0.15) is 0 Å². The van der Waals surface area contributed by atoms with Crippen LogP contribution in [0.15, 0.2) is 10.5 Å². The fraction of sp³-hybridized carbons (Fsp3) is 0.706. The lowest BCUT2D eigenvalue weighted by Crippen LogP contribution is -2.40. The van der Waals surface area contributed by atoms with Crippen molar-refractivity contribution in [2.24, 2.45) is 11.8 Å². The Hall–Kier alpha value is -1.29. The number of carbonyl (C=O) groups excluding carboxylic acids is 1. The Balaban J connectivity index is 1.97. The monoisotopic (exact) mass is 293 g/mol. The lowest BCUT2D eigenvalue weighted by molar-refractivity contribution is 0.0599. The van der Waals surface area contributed by atoms with E-state index >= 15 is 0 Å². The fourth-order valence-electron chi connectivity index (χ4n) is 3.39. The molecule has 0 aliphatic heterocycles. The summed E-state index contributed by atoms with van der Waals surface area (Å²) in [6.07, 6.45) is 5.17. The molecule has 4 nitrogen and oxygen atoms in total. The summed E-state index contributed by atoms with van der Waals surface area (Å²) in [5.74, 6) is 2.53. The van der Waals surface area contributed by atoms with Gasteiger partial charge in [0, 0.05) is 6.04 Å². The maximum Gasteiger partial charge on any atom is 0.341 e. The molecule has 0 aromatic carbocycles. The molecule has 21 heavy (non-hydrogen) atoms. The van der Waals surface area contributed by atoms with E-state index in [-0.39, 0.29) is 5.97 Å².